The monoisotopic (exact) mass is 897 g/mol. The van der Waals surface area contributed by atoms with E-state index in [1.807, 2.05) is 6.08 Å². The van der Waals surface area contributed by atoms with Crippen LogP contribution in [-0.4, -0.2) is 142 Å². The Labute approximate surface area is 377 Å². The van der Waals surface area contributed by atoms with E-state index in [0.717, 1.165) is 51.4 Å². The second-order valence-electron chi connectivity index (χ2n) is 16.6. The predicted octanol–water partition coefficient (Wildman–Crippen LogP) is 6.18. The van der Waals surface area contributed by atoms with E-state index in [1.165, 1.54) is 57.8 Å². The summed E-state index contributed by atoms with van der Waals surface area (Å²) in [5.74, 6) is -0.403. The lowest BCUT2D eigenvalue weighted by molar-refractivity contribution is -0.332. The van der Waals surface area contributed by atoms with Crippen LogP contribution in [0, 0.1) is 0 Å². The maximum atomic E-state index is 12.9. The lowest BCUT2D eigenvalue weighted by atomic mass is 9.98. The summed E-state index contributed by atoms with van der Waals surface area (Å²) in [5, 5.41) is 72.0. The highest BCUT2D eigenvalue weighted by Gasteiger charge is 2.47. The first-order chi connectivity index (χ1) is 30.6. The summed E-state index contributed by atoms with van der Waals surface area (Å²) in [6.45, 7) is 3.33. The van der Waals surface area contributed by atoms with Crippen LogP contribution >= 0.6 is 0 Å². The Kier molecular flexibility index (Phi) is 33.2. The summed E-state index contributed by atoms with van der Waals surface area (Å²) in [4.78, 5) is 12.9. The molecule has 2 aliphatic rings. The number of esters is 1. The Morgan fingerprint density at radius 2 is 1.00 bits per heavy atom. The Morgan fingerprint density at radius 3 is 1.52 bits per heavy atom. The number of unbranched alkanes of at least 4 members (excludes halogenated alkanes) is 12. The molecule has 0 saturated carbocycles. The molecule has 11 atom stereocenters. The van der Waals surface area contributed by atoms with Gasteiger partial charge in [-0.2, -0.15) is 0 Å². The number of aliphatic hydroxyl groups excluding tert-OH is 7. The van der Waals surface area contributed by atoms with Gasteiger partial charge in [-0.1, -0.05) is 152 Å². The van der Waals surface area contributed by atoms with Crippen molar-refractivity contribution in [3.8, 4) is 0 Å². The highest BCUT2D eigenvalue weighted by molar-refractivity contribution is 5.69. The second kappa shape index (κ2) is 36.9. The largest absolute Gasteiger partial charge is 0.457 e. The Balaban J connectivity index is 1.84. The summed E-state index contributed by atoms with van der Waals surface area (Å²) in [5.41, 5.74) is 0. The minimum absolute atomic E-state index is 0.00664. The van der Waals surface area contributed by atoms with Gasteiger partial charge in [0, 0.05) is 6.42 Å². The van der Waals surface area contributed by atoms with Crippen molar-refractivity contribution in [2.24, 2.45) is 0 Å². The number of carbonyl (C=O) groups excluding carboxylic acids is 1. The Hall–Kier alpha value is -2.31. The van der Waals surface area contributed by atoms with Gasteiger partial charge in [-0.3, -0.25) is 4.79 Å². The van der Waals surface area contributed by atoms with E-state index in [1.54, 1.807) is 0 Å². The first kappa shape index (κ1) is 56.8. The lowest BCUT2D eigenvalue weighted by Crippen LogP contribution is -2.61. The summed E-state index contributed by atoms with van der Waals surface area (Å²) in [6.07, 6.45) is 25.9. The van der Waals surface area contributed by atoms with Crippen LogP contribution in [0.15, 0.2) is 60.8 Å². The van der Waals surface area contributed by atoms with Crippen LogP contribution in [0.25, 0.3) is 0 Å². The molecule has 0 aromatic heterocycles. The molecule has 2 saturated heterocycles. The van der Waals surface area contributed by atoms with Gasteiger partial charge < -0.3 is 64.2 Å². The quantitative estimate of drug-likeness (QED) is 0.0213. The highest BCUT2D eigenvalue weighted by Crippen LogP contribution is 2.26. The molecule has 2 fully saturated rings. The lowest BCUT2D eigenvalue weighted by Gasteiger charge is -2.42. The zero-order chi connectivity index (χ0) is 45.9. The molecule has 0 aliphatic carbocycles. The van der Waals surface area contributed by atoms with Crippen LogP contribution in [-0.2, 0) is 33.2 Å². The molecule has 14 nitrogen and oxygen atoms in total. The van der Waals surface area contributed by atoms with E-state index in [9.17, 15) is 40.5 Å². The van der Waals surface area contributed by atoms with Crippen molar-refractivity contribution < 1.29 is 69.0 Å². The summed E-state index contributed by atoms with van der Waals surface area (Å²) < 4.78 is 34.1. The van der Waals surface area contributed by atoms with Crippen molar-refractivity contribution >= 4 is 5.97 Å². The number of aliphatic hydroxyl groups is 7. The first-order valence-corrected chi connectivity index (χ1v) is 23.9. The van der Waals surface area contributed by atoms with Crippen molar-refractivity contribution in [2.75, 3.05) is 33.0 Å². The number of allylic oxidation sites excluding steroid dienone is 9. The molecule has 2 aliphatic heterocycles. The molecule has 0 aromatic carbocycles. The van der Waals surface area contributed by atoms with Crippen molar-refractivity contribution in [1.29, 1.82) is 0 Å². The Bertz CT molecular complexity index is 1270. The van der Waals surface area contributed by atoms with Crippen LogP contribution < -0.4 is 0 Å². The number of hydrogen-bond donors (Lipinski definition) is 7. The molecule has 0 amide bonds. The van der Waals surface area contributed by atoms with Gasteiger partial charge in [-0.25, -0.2) is 0 Å². The third-order valence-electron chi connectivity index (χ3n) is 11.1. The molecule has 0 radical (unpaired) electrons. The smallest absolute Gasteiger partial charge is 0.306 e. The summed E-state index contributed by atoms with van der Waals surface area (Å²) >= 11 is 0. The fourth-order valence-corrected chi connectivity index (χ4v) is 7.17. The minimum atomic E-state index is -1.72. The van der Waals surface area contributed by atoms with Crippen molar-refractivity contribution in [3.63, 3.8) is 0 Å². The summed E-state index contributed by atoms with van der Waals surface area (Å²) in [6, 6.07) is 0. The molecular weight excluding hydrogens is 813 g/mol. The standard InChI is InChI=1S/C49H84O14/c1-3-5-7-9-11-13-15-17-18-19-21-23-25-27-29-31-33-58-35-38(61-41(51)32-30-28-26-24-22-20-16-14-12-10-8-6-4-2)36-59-48-47(57)45(55)43(53)40(63-48)37-60-49-46(56)44(54)42(52)39(34-50)62-49/h5,7,11,13,17-18,21,23,27,29,38-40,42-50,52-57H,3-4,6,8-10,12,14-16,19-20,22,24-26,28,30-37H2,1-2H3/b7-5-,13-11-,18-17-,23-21-,29-27-. The third-order valence-corrected chi connectivity index (χ3v) is 11.1. The molecule has 63 heavy (non-hydrogen) atoms. The zero-order valence-corrected chi connectivity index (χ0v) is 38.3. The molecule has 14 heteroatoms. The van der Waals surface area contributed by atoms with Crippen molar-refractivity contribution in [1.82, 2.24) is 0 Å². The van der Waals surface area contributed by atoms with Gasteiger partial charge >= 0.3 is 5.97 Å². The van der Waals surface area contributed by atoms with Crippen LogP contribution in [0.5, 0.6) is 0 Å². The van der Waals surface area contributed by atoms with Crippen molar-refractivity contribution in [2.45, 2.75) is 210 Å². The van der Waals surface area contributed by atoms with Crippen LogP contribution in [0.4, 0.5) is 0 Å². The number of carbonyl (C=O) groups is 1. The van der Waals surface area contributed by atoms with Crippen LogP contribution in [0.1, 0.15) is 142 Å². The first-order valence-electron chi connectivity index (χ1n) is 23.9. The van der Waals surface area contributed by atoms with Crippen LogP contribution in [0.2, 0.25) is 0 Å². The highest BCUT2D eigenvalue weighted by atomic mass is 16.7. The van der Waals surface area contributed by atoms with E-state index in [-0.39, 0.29) is 19.6 Å². The van der Waals surface area contributed by atoms with E-state index >= 15 is 0 Å². The maximum Gasteiger partial charge on any atom is 0.306 e. The van der Waals surface area contributed by atoms with Gasteiger partial charge in [0.15, 0.2) is 12.6 Å². The Morgan fingerprint density at radius 1 is 0.540 bits per heavy atom. The average molecular weight is 897 g/mol. The van der Waals surface area contributed by atoms with Crippen LogP contribution in [0.3, 0.4) is 0 Å². The molecular formula is C49H84O14. The second-order valence-corrected chi connectivity index (χ2v) is 16.6. The molecule has 0 bridgehead atoms. The summed E-state index contributed by atoms with van der Waals surface area (Å²) in [7, 11) is 0. The molecule has 364 valence electrons. The number of ether oxygens (including phenoxy) is 6. The van der Waals surface area contributed by atoms with Gasteiger partial charge in [-0.05, 0) is 44.9 Å². The average Bonchev–Trinajstić information content (AvgIpc) is 3.28. The number of hydrogen-bond acceptors (Lipinski definition) is 14. The SMILES string of the molecule is CC/C=C\C/C=C\C/C=C\C/C=C\C/C=C\CCOCC(COC1OC(COC2OC(CO)C(O)C(O)C2O)C(O)C(O)C1O)OC(=O)CCCCCCCCCCCCCCC. The molecule has 0 spiro atoms. The van der Waals surface area contributed by atoms with E-state index < -0.39 is 86.7 Å². The van der Waals surface area contributed by atoms with Crippen molar-refractivity contribution in [3.05, 3.63) is 60.8 Å². The third kappa shape index (κ3) is 25.3. The van der Waals surface area contributed by atoms with E-state index in [0.29, 0.717) is 19.4 Å². The molecule has 2 heterocycles. The van der Waals surface area contributed by atoms with E-state index in [2.05, 4.69) is 68.5 Å². The van der Waals surface area contributed by atoms with Gasteiger partial charge in [0.25, 0.3) is 0 Å². The normalized spacial score (nSPS) is 27.5. The van der Waals surface area contributed by atoms with Gasteiger partial charge in [-0.15, -0.1) is 0 Å². The fraction of sp³-hybridized carbons (Fsp3) is 0.776. The molecule has 2 rings (SSSR count). The molecule has 11 unspecified atom stereocenters. The van der Waals surface area contributed by atoms with Gasteiger partial charge in [0.1, 0.15) is 54.9 Å². The fourth-order valence-electron chi connectivity index (χ4n) is 7.17. The maximum absolute atomic E-state index is 12.9. The molecule has 7 N–H and O–H groups in total. The van der Waals surface area contributed by atoms with Gasteiger partial charge in [0.05, 0.1) is 33.0 Å². The minimum Gasteiger partial charge on any atom is -0.457 e. The number of rotatable bonds is 36. The van der Waals surface area contributed by atoms with E-state index in [4.69, 9.17) is 28.4 Å². The zero-order valence-electron chi connectivity index (χ0n) is 38.3. The van der Waals surface area contributed by atoms with Gasteiger partial charge in [0.2, 0.25) is 0 Å². The predicted molar refractivity (Wildman–Crippen MR) is 242 cm³/mol. The molecule has 0 aromatic rings. The topological polar surface area (TPSA) is 214 Å².